The number of nitrogens with one attached hydrogen (secondary N) is 1. The number of sulfonamides is 1. The van der Waals surface area contributed by atoms with Gasteiger partial charge in [0.2, 0.25) is 11.8 Å². The van der Waals surface area contributed by atoms with Gasteiger partial charge in [-0.05, 0) is 61.2 Å². The van der Waals surface area contributed by atoms with Crippen molar-refractivity contribution in [3.8, 4) is 5.75 Å². The summed E-state index contributed by atoms with van der Waals surface area (Å²) in [6.07, 6.45) is 0.986. The van der Waals surface area contributed by atoms with Crippen LogP contribution in [0.1, 0.15) is 35.6 Å². The van der Waals surface area contributed by atoms with E-state index in [4.69, 9.17) is 4.74 Å². The highest BCUT2D eigenvalue weighted by atomic mass is 32.2. The predicted molar refractivity (Wildman–Crippen MR) is 178 cm³/mol. The molecule has 0 aromatic heterocycles. The Morgan fingerprint density at radius 1 is 0.822 bits per heavy atom. The lowest BCUT2D eigenvalue weighted by molar-refractivity contribution is -0.140. The van der Waals surface area contributed by atoms with Gasteiger partial charge in [0.25, 0.3) is 10.0 Å². The number of carbonyl (C=O) groups is 2. The Bertz CT molecular complexity index is 1680. The van der Waals surface area contributed by atoms with Crippen LogP contribution >= 0.6 is 0 Å². The van der Waals surface area contributed by atoms with E-state index in [0.717, 1.165) is 33.0 Å². The minimum Gasteiger partial charge on any atom is -0.495 e. The van der Waals surface area contributed by atoms with E-state index >= 15 is 0 Å². The number of aryl methyl sites for hydroxylation is 2. The molecule has 0 aliphatic carbocycles. The van der Waals surface area contributed by atoms with E-state index in [2.05, 4.69) is 5.32 Å². The molecule has 9 heteroatoms. The number of rotatable bonds is 14. The van der Waals surface area contributed by atoms with Crippen LogP contribution in [-0.4, -0.2) is 51.4 Å². The van der Waals surface area contributed by atoms with Crippen molar-refractivity contribution >= 4 is 27.5 Å². The molecule has 0 aliphatic heterocycles. The Morgan fingerprint density at radius 3 is 2.02 bits per heavy atom. The van der Waals surface area contributed by atoms with Crippen molar-refractivity contribution in [1.29, 1.82) is 0 Å². The summed E-state index contributed by atoms with van der Waals surface area (Å²) in [5.41, 5.74) is 3.63. The van der Waals surface area contributed by atoms with E-state index < -0.39 is 28.5 Å². The summed E-state index contributed by atoms with van der Waals surface area (Å²) in [6.45, 7) is 5.69. The molecular weight excluding hydrogens is 586 g/mol. The zero-order valence-corrected chi connectivity index (χ0v) is 27.1. The summed E-state index contributed by atoms with van der Waals surface area (Å²) in [6, 6.07) is 29.7. The third kappa shape index (κ3) is 8.51. The number of anilines is 1. The number of hydrogen-bond donors (Lipinski definition) is 1. The molecule has 0 fully saturated rings. The maximum absolute atomic E-state index is 14.6. The second kappa shape index (κ2) is 15.4. The molecule has 8 nitrogen and oxygen atoms in total. The molecule has 0 saturated heterocycles. The highest BCUT2D eigenvalue weighted by Crippen LogP contribution is 2.34. The van der Waals surface area contributed by atoms with Crippen LogP contribution in [0.2, 0.25) is 0 Å². The number of hydrogen-bond acceptors (Lipinski definition) is 5. The van der Waals surface area contributed by atoms with E-state index in [1.54, 1.807) is 24.3 Å². The van der Waals surface area contributed by atoms with Crippen LogP contribution in [0.15, 0.2) is 108 Å². The third-order valence-electron chi connectivity index (χ3n) is 7.51. The Labute approximate surface area is 266 Å². The zero-order chi connectivity index (χ0) is 32.4. The molecular formula is C36H41N3O5S. The average Bonchev–Trinajstić information content (AvgIpc) is 3.05. The van der Waals surface area contributed by atoms with Gasteiger partial charge in [-0.3, -0.25) is 13.9 Å². The van der Waals surface area contributed by atoms with Crippen molar-refractivity contribution in [3.05, 3.63) is 125 Å². The normalized spacial score (nSPS) is 11.8. The standard InChI is InChI=1S/C36H41N3O5S/c1-5-22-37-36(41)33(24-29-12-8-6-9-13-29)38(25-30-14-10-7-11-15-30)35(40)26-39(32-23-28(3)18-21-34(32)44-4)45(42,43)31-19-16-27(2)17-20-31/h6-21,23,33H,5,22,24-26H2,1-4H3,(H,37,41)/t33-/m0/s1. The molecule has 0 saturated carbocycles. The molecule has 0 heterocycles. The van der Waals surface area contributed by atoms with Crippen molar-refractivity contribution in [2.75, 3.05) is 24.5 Å². The number of carbonyl (C=O) groups excluding carboxylic acids is 2. The van der Waals surface area contributed by atoms with Crippen LogP contribution in [0.4, 0.5) is 5.69 Å². The van der Waals surface area contributed by atoms with Gasteiger partial charge < -0.3 is 15.0 Å². The van der Waals surface area contributed by atoms with Gasteiger partial charge in [0.1, 0.15) is 18.3 Å². The van der Waals surface area contributed by atoms with Crippen LogP contribution in [0.3, 0.4) is 0 Å². The average molecular weight is 628 g/mol. The summed E-state index contributed by atoms with van der Waals surface area (Å²) in [4.78, 5) is 29.8. The fourth-order valence-corrected chi connectivity index (χ4v) is 6.46. The monoisotopic (exact) mass is 627 g/mol. The first kappa shape index (κ1) is 33.3. The summed E-state index contributed by atoms with van der Waals surface area (Å²) in [5, 5.41) is 2.96. The van der Waals surface area contributed by atoms with Crippen LogP contribution < -0.4 is 14.4 Å². The number of nitrogens with zero attached hydrogens (tertiary/aromatic N) is 2. The van der Waals surface area contributed by atoms with Crippen molar-refractivity contribution < 1.29 is 22.7 Å². The van der Waals surface area contributed by atoms with Crippen molar-refractivity contribution in [2.45, 2.75) is 51.1 Å². The first-order chi connectivity index (χ1) is 21.6. The Hall–Kier alpha value is -4.63. The van der Waals surface area contributed by atoms with E-state index in [-0.39, 0.29) is 29.5 Å². The third-order valence-corrected chi connectivity index (χ3v) is 9.28. The largest absolute Gasteiger partial charge is 0.495 e. The summed E-state index contributed by atoms with van der Waals surface area (Å²) >= 11 is 0. The van der Waals surface area contributed by atoms with Gasteiger partial charge in [-0.15, -0.1) is 0 Å². The second-order valence-corrected chi connectivity index (χ2v) is 12.9. The Kier molecular flexibility index (Phi) is 11.4. The molecule has 4 aromatic rings. The minimum absolute atomic E-state index is 0.0422. The van der Waals surface area contributed by atoms with Crippen LogP contribution in [0, 0.1) is 13.8 Å². The highest BCUT2D eigenvalue weighted by molar-refractivity contribution is 7.92. The van der Waals surface area contributed by atoms with E-state index in [9.17, 15) is 18.0 Å². The number of benzene rings is 4. The molecule has 45 heavy (non-hydrogen) atoms. The Morgan fingerprint density at radius 2 is 1.42 bits per heavy atom. The summed E-state index contributed by atoms with van der Waals surface area (Å²) in [5.74, 6) is -0.517. The van der Waals surface area contributed by atoms with Crippen molar-refractivity contribution in [2.24, 2.45) is 0 Å². The lowest BCUT2D eigenvalue weighted by atomic mass is 10.0. The molecule has 0 bridgehead atoms. The van der Waals surface area contributed by atoms with Crippen LogP contribution in [0.25, 0.3) is 0 Å². The van der Waals surface area contributed by atoms with Gasteiger partial charge in [-0.25, -0.2) is 8.42 Å². The minimum atomic E-state index is -4.24. The van der Waals surface area contributed by atoms with Gasteiger partial charge in [0.15, 0.2) is 0 Å². The van der Waals surface area contributed by atoms with Gasteiger partial charge in [-0.1, -0.05) is 91.3 Å². The van der Waals surface area contributed by atoms with E-state index in [1.807, 2.05) is 87.5 Å². The topological polar surface area (TPSA) is 96.0 Å². The Balaban J connectivity index is 1.83. The molecule has 4 aromatic carbocycles. The maximum Gasteiger partial charge on any atom is 0.264 e. The molecule has 0 unspecified atom stereocenters. The molecule has 4 rings (SSSR count). The molecule has 236 valence electrons. The van der Waals surface area contributed by atoms with Gasteiger partial charge >= 0.3 is 0 Å². The molecule has 0 radical (unpaired) electrons. The predicted octanol–water partition coefficient (Wildman–Crippen LogP) is 5.67. The number of methoxy groups -OCH3 is 1. The van der Waals surface area contributed by atoms with Crippen molar-refractivity contribution in [3.63, 3.8) is 0 Å². The molecule has 1 N–H and O–H groups in total. The fraction of sp³-hybridized carbons (Fsp3) is 0.278. The van der Waals surface area contributed by atoms with Gasteiger partial charge in [0, 0.05) is 19.5 Å². The van der Waals surface area contributed by atoms with Crippen LogP contribution in [-0.2, 0) is 32.6 Å². The van der Waals surface area contributed by atoms with Crippen molar-refractivity contribution in [1.82, 2.24) is 10.2 Å². The first-order valence-electron chi connectivity index (χ1n) is 15.0. The second-order valence-electron chi connectivity index (χ2n) is 11.0. The quantitative estimate of drug-likeness (QED) is 0.194. The lowest BCUT2D eigenvalue weighted by Gasteiger charge is -2.34. The number of ether oxygens (including phenoxy) is 1. The highest BCUT2D eigenvalue weighted by Gasteiger charge is 2.35. The zero-order valence-electron chi connectivity index (χ0n) is 26.3. The lowest BCUT2D eigenvalue weighted by Crippen LogP contribution is -2.53. The van der Waals surface area contributed by atoms with E-state index in [0.29, 0.717) is 12.3 Å². The number of amides is 2. The smallest absolute Gasteiger partial charge is 0.264 e. The van der Waals surface area contributed by atoms with Crippen LogP contribution in [0.5, 0.6) is 5.75 Å². The van der Waals surface area contributed by atoms with E-state index in [1.165, 1.54) is 24.1 Å². The SMILES string of the molecule is CCCNC(=O)[C@H](Cc1ccccc1)N(Cc1ccccc1)C(=O)CN(c1cc(C)ccc1OC)S(=O)(=O)c1ccc(C)cc1. The van der Waals surface area contributed by atoms with Gasteiger partial charge in [-0.2, -0.15) is 0 Å². The fourth-order valence-electron chi connectivity index (χ4n) is 5.05. The maximum atomic E-state index is 14.6. The molecule has 0 aliphatic rings. The molecule has 2 amide bonds. The summed E-state index contributed by atoms with van der Waals surface area (Å²) < 4.78 is 35.3. The summed E-state index contributed by atoms with van der Waals surface area (Å²) in [7, 11) is -2.77. The van der Waals surface area contributed by atoms with Gasteiger partial charge in [0.05, 0.1) is 17.7 Å². The molecule has 1 atom stereocenters. The first-order valence-corrected chi connectivity index (χ1v) is 16.5. The molecule has 0 spiro atoms.